The molecule has 1 N–H and O–H groups in total. The highest BCUT2D eigenvalue weighted by molar-refractivity contribution is 7.93. The molecule has 0 bridgehead atoms. The average molecular weight is 249 g/mol. The normalized spacial score (nSPS) is 13.4. The van der Waals surface area contributed by atoms with Gasteiger partial charge in [-0.15, -0.1) is 11.6 Å². The second-order valence-corrected chi connectivity index (χ2v) is 5.78. The molecule has 0 fully saturated rings. The molecule has 0 saturated carbocycles. The van der Waals surface area contributed by atoms with Gasteiger partial charge in [-0.1, -0.05) is 18.2 Å². The second kappa shape index (κ2) is 4.63. The number of carboxylic acid groups (broad SMARTS) is 1. The molecule has 1 aromatic rings. The van der Waals surface area contributed by atoms with Crippen molar-refractivity contribution in [3.63, 3.8) is 0 Å². The molecule has 1 unspecified atom stereocenters. The lowest BCUT2D eigenvalue weighted by atomic mass is 10.4. The first-order valence-electron chi connectivity index (χ1n) is 4.09. The number of aliphatic carboxylic acids is 1. The molecule has 0 heterocycles. The van der Waals surface area contributed by atoms with Crippen LogP contribution in [0.1, 0.15) is 6.42 Å². The molecular formula is C9H9ClO4S. The zero-order valence-corrected chi connectivity index (χ0v) is 9.20. The number of benzene rings is 1. The molecule has 0 radical (unpaired) electrons. The molecule has 15 heavy (non-hydrogen) atoms. The summed E-state index contributed by atoms with van der Waals surface area (Å²) in [6, 6.07) is 7.53. The van der Waals surface area contributed by atoms with Gasteiger partial charge in [-0.05, 0) is 12.1 Å². The predicted molar refractivity (Wildman–Crippen MR) is 55.5 cm³/mol. The van der Waals surface area contributed by atoms with E-state index in [1.807, 2.05) is 0 Å². The lowest BCUT2D eigenvalue weighted by Crippen LogP contribution is -2.19. The average Bonchev–Trinajstić information content (AvgIpc) is 2.18. The summed E-state index contributed by atoms with van der Waals surface area (Å²) in [6.07, 6.45) is -0.612. The minimum atomic E-state index is -3.75. The van der Waals surface area contributed by atoms with Crippen LogP contribution < -0.4 is 0 Å². The number of halogens is 1. The highest BCUT2D eigenvalue weighted by Crippen LogP contribution is 2.20. The summed E-state index contributed by atoms with van der Waals surface area (Å²) in [5.74, 6) is -1.24. The van der Waals surface area contributed by atoms with Gasteiger partial charge in [0.2, 0.25) is 0 Å². The van der Waals surface area contributed by atoms with Crippen LogP contribution in [0.2, 0.25) is 0 Å². The summed E-state index contributed by atoms with van der Waals surface area (Å²) in [5.41, 5.74) is 0. The summed E-state index contributed by atoms with van der Waals surface area (Å²) in [6.45, 7) is 0. The lowest BCUT2D eigenvalue weighted by molar-refractivity contribution is -0.136. The lowest BCUT2D eigenvalue weighted by Gasteiger charge is -2.08. The zero-order valence-electron chi connectivity index (χ0n) is 7.63. The zero-order chi connectivity index (χ0) is 11.5. The van der Waals surface area contributed by atoms with Gasteiger partial charge < -0.3 is 5.11 Å². The standard InChI is InChI=1S/C9H9ClO4S/c10-8(6-9(11)12)15(13,14)7-4-2-1-3-5-7/h1-5,8H,6H2,(H,11,12). The third-order valence-electron chi connectivity index (χ3n) is 1.74. The van der Waals surface area contributed by atoms with E-state index in [2.05, 4.69) is 0 Å². The van der Waals surface area contributed by atoms with Crippen LogP contribution in [0.4, 0.5) is 0 Å². The molecule has 0 aliphatic rings. The van der Waals surface area contributed by atoms with E-state index in [0.717, 1.165) is 0 Å². The van der Waals surface area contributed by atoms with Crippen molar-refractivity contribution >= 4 is 27.4 Å². The van der Waals surface area contributed by atoms with E-state index < -0.39 is 26.9 Å². The van der Waals surface area contributed by atoms with Crippen molar-refractivity contribution in [3.8, 4) is 0 Å². The van der Waals surface area contributed by atoms with Gasteiger partial charge in [-0.3, -0.25) is 4.79 Å². The first-order valence-corrected chi connectivity index (χ1v) is 6.07. The number of rotatable bonds is 4. The Balaban J connectivity index is 2.99. The van der Waals surface area contributed by atoms with E-state index in [0.29, 0.717) is 0 Å². The Morgan fingerprint density at radius 2 is 1.87 bits per heavy atom. The van der Waals surface area contributed by atoms with Crippen LogP contribution in [0.3, 0.4) is 0 Å². The van der Waals surface area contributed by atoms with Crippen LogP contribution >= 0.6 is 11.6 Å². The minimum Gasteiger partial charge on any atom is -0.481 e. The molecule has 4 nitrogen and oxygen atoms in total. The maximum absolute atomic E-state index is 11.7. The number of sulfone groups is 1. The predicted octanol–water partition coefficient (Wildman–Crippen LogP) is 1.50. The maximum Gasteiger partial charge on any atom is 0.305 e. The largest absolute Gasteiger partial charge is 0.481 e. The van der Waals surface area contributed by atoms with Crippen molar-refractivity contribution in [1.29, 1.82) is 0 Å². The number of alkyl halides is 1. The van der Waals surface area contributed by atoms with Crippen LogP contribution in [-0.4, -0.2) is 24.2 Å². The molecule has 1 atom stereocenters. The molecule has 0 aliphatic carbocycles. The van der Waals surface area contributed by atoms with Gasteiger partial charge in [0.15, 0.2) is 9.84 Å². The highest BCUT2D eigenvalue weighted by Gasteiger charge is 2.27. The van der Waals surface area contributed by atoms with Gasteiger partial charge in [-0.25, -0.2) is 8.42 Å². The fourth-order valence-electron chi connectivity index (χ4n) is 1.00. The molecule has 1 rings (SSSR count). The van der Waals surface area contributed by atoms with E-state index in [1.165, 1.54) is 12.1 Å². The monoisotopic (exact) mass is 248 g/mol. The molecule has 6 heteroatoms. The van der Waals surface area contributed by atoms with Gasteiger partial charge in [0.05, 0.1) is 11.3 Å². The van der Waals surface area contributed by atoms with Gasteiger partial charge >= 0.3 is 5.97 Å². The molecular weight excluding hydrogens is 240 g/mol. The van der Waals surface area contributed by atoms with Gasteiger partial charge in [0.25, 0.3) is 0 Å². The Bertz CT molecular complexity index is 440. The molecule has 1 aromatic carbocycles. The topological polar surface area (TPSA) is 71.4 Å². The number of hydrogen-bond acceptors (Lipinski definition) is 3. The molecule has 0 aromatic heterocycles. The summed E-state index contributed by atoms with van der Waals surface area (Å²) >= 11 is 5.53. The quantitative estimate of drug-likeness (QED) is 0.820. The fourth-order valence-corrected chi connectivity index (χ4v) is 2.64. The maximum atomic E-state index is 11.7. The molecule has 0 spiro atoms. The van der Waals surface area contributed by atoms with E-state index in [9.17, 15) is 13.2 Å². The van der Waals surface area contributed by atoms with Gasteiger partial charge in [0, 0.05) is 0 Å². The van der Waals surface area contributed by atoms with Crippen molar-refractivity contribution in [3.05, 3.63) is 30.3 Å². The van der Waals surface area contributed by atoms with Crippen molar-refractivity contribution in [2.75, 3.05) is 0 Å². The Hall–Kier alpha value is -1.07. The molecule has 0 saturated heterocycles. The van der Waals surface area contributed by atoms with Crippen molar-refractivity contribution < 1.29 is 18.3 Å². The SMILES string of the molecule is O=C(O)CC(Cl)S(=O)(=O)c1ccccc1. The fraction of sp³-hybridized carbons (Fsp3) is 0.222. The Labute approximate surface area is 92.4 Å². The molecule has 0 amide bonds. The van der Waals surface area contributed by atoms with Crippen molar-refractivity contribution in [2.45, 2.75) is 16.0 Å². The van der Waals surface area contributed by atoms with E-state index in [1.54, 1.807) is 18.2 Å². The Kier molecular flexibility index (Phi) is 3.71. The van der Waals surface area contributed by atoms with Crippen LogP contribution in [0.5, 0.6) is 0 Å². The number of hydrogen-bond donors (Lipinski definition) is 1. The first-order chi connectivity index (χ1) is 6.94. The van der Waals surface area contributed by atoms with Gasteiger partial charge in [0.1, 0.15) is 4.71 Å². The van der Waals surface area contributed by atoms with Crippen LogP contribution in [-0.2, 0) is 14.6 Å². The van der Waals surface area contributed by atoms with E-state index in [-0.39, 0.29) is 4.90 Å². The van der Waals surface area contributed by atoms with Crippen LogP contribution in [0.15, 0.2) is 35.2 Å². The van der Waals surface area contributed by atoms with E-state index in [4.69, 9.17) is 16.7 Å². The summed E-state index contributed by atoms with van der Waals surface area (Å²) in [4.78, 5) is 10.4. The van der Waals surface area contributed by atoms with E-state index >= 15 is 0 Å². The summed E-state index contributed by atoms with van der Waals surface area (Å²) in [7, 11) is -3.75. The number of carboxylic acids is 1. The van der Waals surface area contributed by atoms with Crippen LogP contribution in [0, 0.1) is 0 Å². The first kappa shape index (κ1) is 12.0. The molecule has 0 aliphatic heterocycles. The van der Waals surface area contributed by atoms with Crippen LogP contribution in [0.25, 0.3) is 0 Å². The summed E-state index contributed by atoms with van der Waals surface area (Å²) < 4.78 is 21.9. The Morgan fingerprint density at radius 3 is 2.33 bits per heavy atom. The summed E-state index contributed by atoms with van der Waals surface area (Å²) in [5, 5.41) is 8.45. The Morgan fingerprint density at radius 1 is 1.33 bits per heavy atom. The minimum absolute atomic E-state index is 0.0336. The number of carbonyl (C=O) groups is 1. The van der Waals surface area contributed by atoms with Crippen molar-refractivity contribution in [1.82, 2.24) is 0 Å². The molecule has 82 valence electrons. The highest BCUT2D eigenvalue weighted by atomic mass is 35.5. The third kappa shape index (κ3) is 2.94. The second-order valence-electron chi connectivity index (χ2n) is 2.87. The van der Waals surface area contributed by atoms with Gasteiger partial charge in [-0.2, -0.15) is 0 Å². The smallest absolute Gasteiger partial charge is 0.305 e. The van der Waals surface area contributed by atoms with Crippen molar-refractivity contribution in [2.24, 2.45) is 0 Å². The third-order valence-corrected chi connectivity index (χ3v) is 4.37.